The summed E-state index contributed by atoms with van der Waals surface area (Å²) in [7, 11) is 1.80. The summed E-state index contributed by atoms with van der Waals surface area (Å²) in [5.41, 5.74) is 2.18. The van der Waals surface area contributed by atoms with Crippen LogP contribution in [0.2, 0.25) is 0 Å². The minimum atomic E-state index is 0. The number of thiophene rings is 1. The first kappa shape index (κ1) is 21.8. The van der Waals surface area contributed by atoms with Gasteiger partial charge < -0.3 is 10.6 Å². The van der Waals surface area contributed by atoms with Crippen molar-refractivity contribution in [2.24, 2.45) is 10.9 Å². The predicted octanol–water partition coefficient (Wildman–Crippen LogP) is 5.03. The summed E-state index contributed by atoms with van der Waals surface area (Å²) >= 11 is 3.49. The van der Waals surface area contributed by atoms with Crippen LogP contribution in [0.15, 0.2) is 58.2 Å². The summed E-state index contributed by atoms with van der Waals surface area (Å²) in [6.45, 7) is 3.83. The van der Waals surface area contributed by atoms with Crippen LogP contribution < -0.4 is 10.6 Å². The van der Waals surface area contributed by atoms with Gasteiger partial charge in [-0.2, -0.15) is 0 Å². The maximum Gasteiger partial charge on any atom is 0.191 e. The molecule has 2 N–H and O–H groups in total. The Balaban J connectivity index is 0.00000261. The van der Waals surface area contributed by atoms with Crippen LogP contribution in [0.5, 0.6) is 0 Å². The normalized spacial score (nSPS) is 12.3. The Labute approximate surface area is 186 Å². The molecule has 27 heavy (non-hydrogen) atoms. The van der Waals surface area contributed by atoms with Crippen LogP contribution in [0.3, 0.4) is 0 Å². The van der Waals surface area contributed by atoms with E-state index in [0.717, 1.165) is 35.2 Å². The van der Waals surface area contributed by atoms with Gasteiger partial charge in [-0.25, -0.2) is 4.98 Å². The molecule has 2 aromatic heterocycles. The van der Waals surface area contributed by atoms with E-state index in [1.807, 2.05) is 29.5 Å². The number of hydrogen-bond donors (Lipinski definition) is 2. The summed E-state index contributed by atoms with van der Waals surface area (Å²) < 4.78 is 0. The molecule has 0 fully saturated rings. The molecule has 0 radical (unpaired) electrons. The Bertz CT molecular complexity index is 816. The quantitative estimate of drug-likeness (QED) is 0.265. The SMILES string of the molecule is CN=C(NCc1nc(-c2ccccc2)cs1)NCC(C)Cc1cccs1.I. The van der Waals surface area contributed by atoms with Crippen molar-refractivity contribution >= 4 is 52.6 Å². The largest absolute Gasteiger partial charge is 0.356 e. The number of rotatable bonds is 7. The highest BCUT2D eigenvalue weighted by Gasteiger charge is 2.08. The summed E-state index contributed by atoms with van der Waals surface area (Å²) in [5.74, 6) is 1.37. The Morgan fingerprint density at radius 3 is 2.63 bits per heavy atom. The van der Waals surface area contributed by atoms with Gasteiger partial charge >= 0.3 is 0 Å². The lowest BCUT2D eigenvalue weighted by atomic mass is 10.1. The third-order valence-electron chi connectivity index (χ3n) is 4.00. The molecule has 0 bridgehead atoms. The number of guanidine groups is 1. The highest BCUT2D eigenvalue weighted by atomic mass is 127. The van der Waals surface area contributed by atoms with Crippen molar-refractivity contribution in [1.29, 1.82) is 0 Å². The van der Waals surface area contributed by atoms with Crippen LogP contribution in [0.25, 0.3) is 11.3 Å². The first-order valence-electron chi connectivity index (χ1n) is 8.71. The minimum Gasteiger partial charge on any atom is -0.356 e. The van der Waals surface area contributed by atoms with E-state index in [9.17, 15) is 0 Å². The van der Waals surface area contributed by atoms with E-state index in [-0.39, 0.29) is 24.0 Å². The fourth-order valence-electron chi connectivity index (χ4n) is 2.63. The van der Waals surface area contributed by atoms with Crippen LogP contribution in [0.1, 0.15) is 16.8 Å². The van der Waals surface area contributed by atoms with Gasteiger partial charge in [0.25, 0.3) is 0 Å². The second kappa shape index (κ2) is 11.4. The molecule has 1 unspecified atom stereocenters. The highest BCUT2D eigenvalue weighted by Crippen LogP contribution is 2.21. The average molecular weight is 512 g/mol. The van der Waals surface area contributed by atoms with E-state index < -0.39 is 0 Å². The molecule has 0 saturated carbocycles. The molecular weight excluding hydrogens is 487 g/mol. The molecule has 0 amide bonds. The molecule has 0 aliphatic carbocycles. The zero-order valence-electron chi connectivity index (χ0n) is 15.5. The second-order valence-corrected chi connectivity index (χ2v) is 8.16. The fraction of sp³-hybridized carbons (Fsp3) is 0.300. The van der Waals surface area contributed by atoms with Crippen molar-refractivity contribution in [1.82, 2.24) is 15.6 Å². The van der Waals surface area contributed by atoms with Gasteiger partial charge in [-0.3, -0.25) is 4.99 Å². The van der Waals surface area contributed by atoms with Crippen LogP contribution in [-0.2, 0) is 13.0 Å². The molecule has 0 aliphatic heterocycles. The van der Waals surface area contributed by atoms with Crippen LogP contribution in [-0.4, -0.2) is 24.5 Å². The van der Waals surface area contributed by atoms with Crippen molar-refractivity contribution in [2.45, 2.75) is 19.9 Å². The Kier molecular flexibility index (Phi) is 9.23. The Hall–Kier alpha value is -1.45. The second-order valence-electron chi connectivity index (χ2n) is 6.19. The molecule has 1 atom stereocenters. The fourth-order valence-corrected chi connectivity index (χ4v) is 4.24. The van der Waals surface area contributed by atoms with Crippen molar-refractivity contribution in [3.8, 4) is 11.3 Å². The van der Waals surface area contributed by atoms with E-state index in [4.69, 9.17) is 4.98 Å². The summed E-state index contributed by atoms with van der Waals surface area (Å²) in [4.78, 5) is 10.4. The predicted molar refractivity (Wildman–Crippen MR) is 128 cm³/mol. The van der Waals surface area contributed by atoms with Gasteiger partial charge in [-0.1, -0.05) is 43.3 Å². The number of thiazole rings is 1. The smallest absolute Gasteiger partial charge is 0.191 e. The lowest BCUT2D eigenvalue weighted by Gasteiger charge is -2.15. The first-order valence-corrected chi connectivity index (χ1v) is 10.5. The molecule has 144 valence electrons. The van der Waals surface area contributed by atoms with Gasteiger partial charge in [-0.15, -0.1) is 46.7 Å². The van der Waals surface area contributed by atoms with Gasteiger partial charge in [0.2, 0.25) is 0 Å². The third kappa shape index (κ3) is 6.90. The summed E-state index contributed by atoms with van der Waals surface area (Å²) in [6, 6.07) is 14.6. The maximum absolute atomic E-state index is 4.71. The van der Waals surface area contributed by atoms with Crippen molar-refractivity contribution in [3.05, 3.63) is 63.1 Å². The summed E-state index contributed by atoms with van der Waals surface area (Å²) in [5, 5.41) is 12.1. The zero-order chi connectivity index (χ0) is 18.2. The number of hydrogen-bond acceptors (Lipinski definition) is 4. The average Bonchev–Trinajstić information content (AvgIpc) is 3.34. The van der Waals surface area contributed by atoms with Crippen LogP contribution in [0, 0.1) is 5.92 Å². The van der Waals surface area contributed by atoms with Gasteiger partial charge in [0.05, 0.1) is 12.2 Å². The molecule has 4 nitrogen and oxygen atoms in total. The van der Waals surface area contributed by atoms with E-state index in [0.29, 0.717) is 12.5 Å². The van der Waals surface area contributed by atoms with E-state index >= 15 is 0 Å². The highest BCUT2D eigenvalue weighted by molar-refractivity contribution is 14.0. The molecule has 1 aromatic carbocycles. The Morgan fingerprint density at radius 1 is 1.11 bits per heavy atom. The van der Waals surface area contributed by atoms with Crippen molar-refractivity contribution in [2.75, 3.05) is 13.6 Å². The van der Waals surface area contributed by atoms with E-state index in [1.54, 1.807) is 18.4 Å². The number of benzene rings is 1. The summed E-state index contributed by atoms with van der Waals surface area (Å²) in [6.07, 6.45) is 1.09. The van der Waals surface area contributed by atoms with Crippen LogP contribution >= 0.6 is 46.7 Å². The number of nitrogens with zero attached hydrogens (tertiary/aromatic N) is 2. The van der Waals surface area contributed by atoms with E-state index in [2.05, 4.69) is 57.6 Å². The number of aromatic nitrogens is 1. The molecule has 0 spiro atoms. The van der Waals surface area contributed by atoms with Gasteiger partial charge in [-0.05, 0) is 23.8 Å². The van der Waals surface area contributed by atoms with Crippen molar-refractivity contribution < 1.29 is 0 Å². The molecule has 0 saturated heterocycles. The van der Waals surface area contributed by atoms with Crippen molar-refractivity contribution in [3.63, 3.8) is 0 Å². The molecule has 0 aliphatic rings. The number of halogens is 1. The maximum atomic E-state index is 4.71. The first-order chi connectivity index (χ1) is 12.7. The van der Waals surface area contributed by atoms with Gasteiger partial charge in [0.15, 0.2) is 5.96 Å². The van der Waals surface area contributed by atoms with Gasteiger partial charge in [0, 0.05) is 29.4 Å². The molecule has 3 rings (SSSR count). The lowest BCUT2D eigenvalue weighted by molar-refractivity contribution is 0.562. The standard InChI is InChI=1S/C20H24N4S2.HI/c1-15(11-17-9-6-10-25-17)12-22-20(21-2)23-13-19-24-18(14-26-19)16-7-4-3-5-8-16;/h3-10,14-15H,11-13H2,1-2H3,(H2,21,22,23);1H. The lowest BCUT2D eigenvalue weighted by Crippen LogP contribution is -2.39. The molecule has 2 heterocycles. The zero-order valence-corrected chi connectivity index (χ0v) is 19.5. The van der Waals surface area contributed by atoms with E-state index in [1.165, 1.54) is 4.88 Å². The number of aliphatic imine (C=N–C) groups is 1. The van der Waals surface area contributed by atoms with Crippen LogP contribution in [0.4, 0.5) is 0 Å². The molecule has 7 heteroatoms. The Morgan fingerprint density at radius 2 is 1.93 bits per heavy atom. The minimum absolute atomic E-state index is 0. The topological polar surface area (TPSA) is 49.3 Å². The third-order valence-corrected chi connectivity index (χ3v) is 5.75. The van der Waals surface area contributed by atoms with Gasteiger partial charge in [0.1, 0.15) is 5.01 Å². The molecule has 3 aromatic rings. The molecular formula is C20H25IN4S2. The monoisotopic (exact) mass is 512 g/mol. The number of nitrogens with one attached hydrogen (secondary N) is 2.